The lowest BCUT2D eigenvalue weighted by molar-refractivity contribution is 0.100. The van der Waals surface area contributed by atoms with Gasteiger partial charge in [0.2, 0.25) is 5.91 Å². The maximum atomic E-state index is 15.5. The Morgan fingerprint density at radius 1 is 1.10 bits per heavy atom. The Balaban J connectivity index is 0.000000350. The number of carbonyl (C=O) groups excluding carboxylic acids is 1. The van der Waals surface area contributed by atoms with E-state index in [1.165, 1.54) is 43.9 Å². The Kier molecular flexibility index (Phi) is 10.0. The van der Waals surface area contributed by atoms with Crippen LogP contribution in [0.1, 0.15) is 73.5 Å². The van der Waals surface area contributed by atoms with Crippen molar-refractivity contribution < 1.29 is 23.0 Å². The minimum atomic E-state index is -0.858. The van der Waals surface area contributed by atoms with Crippen molar-refractivity contribution in [3.8, 4) is 22.6 Å². The lowest BCUT2D eigenvalue weighted by atomic mass is 9.87. The van der Waals surface area contributed by atoms with Crippen LogP contribution in [0.2, 0.25) is 5.02 Å². The Labute approximate surface area is 240 Å². The Bertz CT molecular complexity index is 1330. The number of hydrogen-bond acceptors (Lipinski definition) is 4. The molecule has 1 amide bonds. The molecule has 5 nitrogen and oxygen atoms in total. The SMILES string of the molecule is CCCOc1ccc(C(N)=O)c(-c2c(Cl)c(F)cc3c2CC(c2ccccc2)O3)c1F.CNC1CCC(C)CC1. The number of amides is 1. The van der Waals surface area contributed by atoms with Crippen molar-refractivity contribution in [2.75, 3.05) is 13.7 Å². The summed E-state index contributed by atoms with van der Waals surface area (Å²) in [5.74, 6) is -1.28. The van der Waals surface area contributed by atoms with Crippen LogP contribution in [0.3, 0.4) is 0 Å². The molecule has 8 heteroatoms. The van der Waals surface area contributed by atoms with Crippen LogP contribution in [0.4, 0.5) is 8.78 Å². The van der Waals surface area contributed by atoms with E-state index in [1.807, 2.05) is 37.3 Å². The number of rotatable bonds is 7. The molecule has 0 spiro atoms. The number of primary amides is 1. The summed E-state index contributed by atoms with van der Waals surface area (Å²) in [5, 5.41) is 3.02. The van der Waals surface area contributed by atoms with Gasteiger partial charge in [-0.25, -0.2) is 8.78 Å². The molecule has 5 rings (SSSR count). The predicted molar refractivity (Wildman–Crippen MR) is 155 cm³/mol. The van der Waals surface area contributed by atoms with E-state index in [4.69, 9.17) is 26.8 Å². The highest BCUT2D eigenvalue weighted by Gasteiger charge is 2.33. The highest BCUT2D eigenvalue weighted by Crippen LogP contribution is 2.48. The lowest BCUT2D eigenvalue weighted by Crippen LogP contribution is -2.29. The molecular weight excluding hydrogens is 534 g/mol. The average molecular weight is 571 g/mol. The molecule has 40 heavy (non-hydrogen) atoms. The number of hydrogen-bond donors (Lipinski definition) is 2. The fourth-order valence-corrected chi connectivity index (χ4v) is 5.59. The van der Waals surface area contributed by atoms with E-state index in [-0.39, 0.29) is 39.8 Å². The molecule has 0 aromatic heterocycles. The molecular formula is C32H37ClF2N2O3. The van der Waals surface area contributed by atoms with Crippen molar-refractivity contribution in [3.05, 3.63) is 81.9 Å². The molecule has 1 saturated carbocycles. The summed E-state index contributed by atoms with van der Waals surface area (Å²) in [7, 11) is 2.07. The van der Waals surface area contributed by atoms with E-state index in [2.05, 4.69) is 19.3 Å². The molecule has 1 heterocycles. The highest BCUT2D eigenvalue weighted by atomic mass is 35.5. The summed E-state index contributed by atoms with van der Waals surface area (Å²) in [6.07, 6.45) is 6.21. The molecule has 1 fully saturated rings. The van der Waals surface area contributed by atoms with E-state index in [9.17, 15) is 9.18 Å². The van der Waals surface area contributed by atoms with E-state index in [0.717, 1.165) is 17.5 Å². The third kappa shape index (κ3) is 6.58. The van der Waals surface area contributed by atoms with Crippen molar-refractivity contribution >= 4 is 17.5 Å². The normalized spacial score (nSPS) is 19.7. The van der Waals surface area contributed by atoms with Crippen molar-refractivity contribution in [2.24, 2.45) is 11.7 Å². The number of nitrogens with one attached hydrogen (secondary N) is 1. The summed E-state index contributed by atoms with van der Waals surface area (Å²) in [5.41, 5.74) is 6.67. The van der Waals surface area contributed by atoms with Gasteiger partial charge in [-0.1, -0.05) is 55.8 Å². The Morgan fingerprint density at radius 2 is 1.80 bits per heavy atom. The minimum absolute atomic E-state index is 0.0587. The van der Waals surface area contributed by atoms with Crippen molar-refractivity contribution in [1.29, 1.82) is 0 Å². The van der Waals surface area contributed by atoms with Gasteiger partial charge >= 0.3 is 0 Å². The summed E-state index contributed by atoms with van der Waals surface area (Å²) < 4.78 is 41.7. The van der Waals surface area contributed by atoms with Crippen LogP contribution < -0.4 is 20.5 Å². The smallest absolute Gasteiger partial charge is 0.249 e. The second-order valence-corrected chi connectivity index (χ2v) is 10.9. The standard InChI is InChI=1S/C24H20ClF2NO3.C8H17N/c1-2-10-30-17-9-8-14(24(28)29)21(23(17)27)20-15-11-18(13-6-4-3-5-7-13)31-19(15)12-16(26)22(20)25;1-7-3-5-8(9-2)6-4-7/h3-9,12,18H,2,10-11H2,1H3,(H2,28,29);7-9H,3-6H2,1-2H3. The number of halogens is 3. The third-order valence-corrected chi connectivity index (χ3v) is 7.99. The van der Waals surface area contributed by atoms with Crippen molar-refractivity contribution in [2.45, 2.75) is 64.5 Å². The lowest BCUT2D eigenvalue weighted by Gasteiger charge is -2.25. The van der Waals surface area contributed by atoms with Crippen LogP contribution in [-0.2, 0) is 6.42 Å². The van der Waals surface area contributed by atoms with Crippen LogP contribution in [0, 0.1) is 17.6 Å². The molecule has 214 valence electrons. The number of carbonyl (C=O) groups is 1. The largest absolute Gasteiger partial charge is 0.491 e. The zero-order valence-corrected chi connectivity index (χ0v) is 24.0. The van der Waals surface area contributed by atoms with E-state index >= 15 is 4.39 Å². The van der Waals surface area contributed by atoms with Gasteiger partial charge in [-0.15, -0.1) is 0 Å². The van der Waals surface area contributed by atoms with Crippen LogP contribution in [0.5, 0.6) is 11.5 Å². The van der Waals surface area contributed by atoms with Gasteiger partial charge < -0.3 is 20.5 Å². The van der Waals surface area contributed by atoms with Gasteiger partial charge in [0, 0.05) is 35.2 Å². The summed E-state index contributed by atoms with van der Waals surface area (Å²) >= 11 is 6.32. The van der Waals surface area contributed by atoms with Gasteiger partial charge in [-0.05, 0) is 62.8 Å². The van der Waals surface area contributed by atoms with Crippen LogP contribution >= 0.6 is 11.6 Å². The van der Waals surface area contributed by atoms with Gasteiger partial charge in [0.25, 0.3) is 0 Å². The molecule has 0 radical (unpaired) electrons. The van der Waals surface area contributed by atoms with E-state index < -0.39 is 23.6 Å². The topological polar surface area (TPSA) is 73.6 Å². The number of fused-ring (bicyclic) bond motifs is 1. The van der Waals surface area contributed by atoms with Gasteiger partial charge in [-0.2, -0.15) is 0 Å². The first-order chi connectivity index (χ1) is 19.2. The molecule has 3 aromatic rings. The monoisotopic (exact) mass is 570 g/mol. The first-order valence-corrected chi connectivity index (χ1v) is 14.3. The van der Waals surface area contributed by atoms with Gasteiger partial charge in [-0.3, -0.25) is 4.79 Å². The zero-order chi connectivity index (χ0) is 28.8. The summed E-state index contributed by atoms with van der Waals surface area (Å²) in [4.78, 5) is 12.1. The number of nitrogens with two attached hydrogens (primary N) is 1. The van der Waals surface area contributed by atoms with Gasteiger partial charge in [0.05, 0.1) is 17.2 Å². The number of ether oxygens (including phenoxy) is 2. The van der Waals surface area contributed by atoms with Crippen LogP contribution in [0.15, 0.2) is 48.5 Å². The van der Waals surface area contributed by atoms with Crippen LogP contribution in [-0.4, -0.2) is 25.6 Å². The molecule has 1 aliphatic carbocycles. The second kappa shape index (κ2) is 13.5. The molecule has 1 aliphatic heterocycles. The quantitative estimate of drug-likeness (QED) is 0.306. The Hall–Kier alpha value is -3.16. The van der Waals surface area contributed by atoms with Crippen molar-refractivity contribution in [3.63, 3.8) is 0 Å². The summed E-state index contributed by atoms with van der Waals surface area (Å²) in [6.45, 7) is 4.51. The van der Waals surface area contributed by atoms with Gasteiger partial charge in [0.1, 0.15) is 17.7 Å². The zero-order valence-electron chi connectivity index (χ0n) is 23.2. The molecule has 3 aromatic carbocycles. The van der Waals surface area contributed by atoms with Crippen molar-refractivity contribution in [1.82, 2.24) is 5.32 Å². The number of benzene rings is 3. The molecule has 3 N–H and O–H groups in total. The highest BCUT2D eigenvalue weighted by molar-refractivity contribution is 6.34. The van der Waals surface area contributed by atoms with Gasteiger partial charge in [0.15, 0.2) is 11.6 Å². The minimum Gasteiger partial charge on any atom is -0.491 e. The fourth-order valence-electron chi connectivity index (χ4n) is 5.32. The predicted octanol–water partition coefficient (Wildman–Crippen LogP) is 7.63. The van der Waals surface area contributed by atoms with E-state index in [1.54, 1.807) is 0 Å². The first-order valence-electron chi connectivity index (χ1n) is 13.9. The molecule has 1 atom stereocenters. The average Bonchev–Trinajstić information content (AvgIpc) is 3.38. The molecule has 0 saturated heterocycles. The third-order valence-electron chi connectivity index (χ3n) is 7.62. The second-order valence-electron chi connectivity index (χ2n) is 10.5. The van der Waals surface area contributed by atoms with E-state index in [0.29, 0.717) is 18.4 Å². The maximum Gasteiger partial charge on any atom is 0.249 e. The molecule has 2 aliphatic rings. The fraction of sp³-hybridized carbons (Fsp3) is 0.406. The van der Waals surface area contributed by atoms with Crippen LogP contribution in [0.25, 0.3) is 11.1 Å². The molecule has 0 bridgehead atoms. The maximum absolute atomic E-state index is 15.5. The summed E-state index contributed by atoms with van der Waals surface area (Å²) in [6, 6.07) is 14.1. The first kappa shape index (κ1) is 29.8. The Morgan fingerprint density at radius 3 is 2.42 bits per heavy atom. The molecule has 1 unspecified atom stereocenters.